The van der Waals surface area contributed by atoms with Crippen molar-refractivity contribution in [1.29, 1.82) is 0 Å². The van der Waals surface area contributed by atoms with Gasteiger partial charge in [-0.1, -0.05) is 25.1 Å². The summed E-state index contributed by atoms with van der Waals surface area (Å²) in [5.41, 5.74) is 10.4. The van der Waals surface area contributed by atoms with Crippen LogP contribution in [0.2, 0.25) is 0 Å². The van der Waals surface area contributed by atoms with Gasteiger partial charge in [0.1, 0.15) is 16.8 Å². The number of fused-ring (bicyclic) bond motifs is 1. The molecule has 87 heavy (non-hydrogen) atoms. The number of hydrogen-bond donors (Lipinski definition) is 4. The number of benzene rings is 2. The van der Waals surface area contributed by atoms with Crippen LogP contribution >= 0.6 is 0 Å². The highest BCUT2D eigenvalue weighted by Crippen LogP contribution is 2.33. The average molecular weight is 1260 g/mol. The first kappa shape index (κ1) is 71.6. The first-order chi connectivity index (χ1) is 42.2. The fraction of sp³-hybridized carbons (Fsp3) is 0.579. The molecule has 1 aliphatic carbocycles. The molecule has 0 radical (unpaired) electrons. The number of nitrogens with zero attached hydrogens (tertiary/aromatic N) is 3. The van der Waals surface area contributed by atoms with Crippen molar-refractivity contribution in [3.63, 3.8) is 0 Å². The van der Waals surface area contributed by atoms with E-state index < -0.39 is 63.5 Å². The van der Waals surface area contributed by atoms with Crippen molar-refractivity contribution >= 4 is 52.6 Å². The Bertz CT molecular complexity index is 2650. The van der Waals surface area contributed by atoms with E-state index in [4.69, 9.17) is 67.2 Å². The number of halogens is 4. The van der Waals surface area contributed by atoms with Crippen LogP contribution in [0.1, 0.15) is 63.1 Å². The van der Waals surface area contributed by atoms with Crippen molar-refractivity contribution in [2.75, 3.05) is 152 Å². The molecule has 1 saturated carbocycles. The second-order valence-electron chi connectivity index (χ2n) is 18.9. The number of pyridine rings is 1. The molecule has 0 bridgehead atoms. The molecule has 484 valence electrons. The molecule has 0 saturated heterocycles. The van der Waals surface area contributed by atoms with Gasteiger partial charge in [0, 0.05) is 48.8 Å². The summed E-state index contributed by atoms with van der Waals surface area (Å²) in [7, 11) is 0. The number of esters is 1. The summed E-state index contributed by atoms with van der Waals surface area (Å²) >= 11 is -3.36. The normalized spacial score (nSPS) is 13.4. The van der Waals surface area contributed by atoms with Gasteiger partial charge in [0.15, 0.2) is 22.7 Å². The Hall–Kier alpha value is -6.13. The molecular weight excluding hydrogens is 1180 g/mol. The Morgan fingerprint density at radius 1 is 0.667 bits per heavy atom. The number of hydrogen-bond acceptors (Lipinski definition) is 21. The number of alkyl carbamates (subject to hydrolysis) is 1. The number of aromatic nitrogens is 1. The van der Waals surface area contributed by atoms with Crippen molar-refractivity contribution < 1.29 is 107 Å². The molecule has 2 aliphatic rings. The van der Waals surface area contributed by atoms with Gasteiger partial charge < -0.3 is 77.8 Å². The average Bonchev–Trinajstić information content (AvgIpc) is 2.13. The van der Waals surface area contributed by atoms with Crippen molar-refractivity contribution in [2.45, 2.75) is 69.4 Å². The van der Waals surface area contributed by atoms with Crippen LogP contribution in [-0.2, 0) is 89.0 Å². The number of carbonyl (C=O) groups excluding carboxylic acids is 4. The standard InChI is InChI=1S/C57H78F4N6O19S/c1-2-13-67(84-16-12-63-57(71)85-45-4-3-5-45)56(70)43-35-41-7-6-40(36-46(41)66-47(62)37-43)42-8-9-44(64-38-42)39-65-48(68)10-14-74-17-19-76-21-23-78-25-27-80-29-31-82-33-34-83-32-30-81-28-26-79-24-22-77-20-18-75-15-11-49(69)86-54-50(58)52(60)55(87(72)73)53(61)51(54)59/h6-9,35-36,38,45H,2-5,10-34,37,39H2,1H3,(H2,62,66)(H,63,71)(H,65,68)(H,72,73). The molecule has 5 rings (SSSR count). The minimum atomic E-state index is -3.36. The van der Waals surface area contributed by atoms with Crippen molar-refractivity contribution in [3.8, 4) is 16.9 Å². The Balaban J connectivity index is 0.755. The van der Waals surface area contributed by atoms with Gasteiger partial charge >= 0.3 is 12.1 Å². The molecule has 5 N–H and O–H groups in total. The first-order valence-corrected chi connectivity index (χ1v) is 29.6. The number of nitrogens with one attached hydrogen (secondary N) is 2. The fourth-order valence-corrected chi connectivity index (χ4v) is 8.15. The van der Waals surface area contributed by atoms with Crippen molar-refractivity contribution in [2.24, 2.45) is 10.7 Å². The highest BCUT2D eigenvalue weighted by Gasteiger charge is 2.31. The zero-order chi connectivity index (χ0) is 62.4. The summed E-state index contributed by atoms with van der Waals surface area (Å²) in [5.74, 6) is -11.7. The number of amidine groups is 1. The first-order valence-electron chi connectivity index (χ1n) is 28.5. The van der Waals surface area contributed by atoms with Crippen LogP contribution in [0.4, 0.5) is 28.0 Å². The van der Waals surface area contributed by atoms with E-state index >= 15 is 0 Å². The number of ether oxygens (including phenoxy) is 12. The summed E-state index contributed by atoms with van der Waals surface area (Å²) in [6, 6.07) is 9.42. The quantitative estimate of drug-likeness (QED) is 0.0106. The van der Waals surface area contributed by atoms with Gasteiger partial charge in [-0.25, -0.2) is 27.8 Å². The predicted molar refractivity (Wildman–Crippen MR) is 304 cm³/mol. The molecule has 1 atom stereocenters. The van der Waals surface area contributed by atoms with Gasteiger partial charge in [-0.15, -0.1) is 0 Å². The highest BCUT2D eigenvalue weighted by molar-refractivity contribution is 7.79. The zero-order valence-electron chi connectivity index (χ0n) is 48.7. The summed E-state index contributed by atoms with van der Waals surface area (Å²) in [4.78, 5) is 63.1. The van der Waals surface area contributed by atoms with E-state index in [9.17, 15) is 40.9 Å². The van der Waals surface area contributed by atoms with Gasteiger partial charge in [0.2, 0.25) is 23.3 Å². The smallest absolute Gasteiger partial charge is 0.407 e. The number of hydroxylamine groups is 2. The van der Waals surface area contributed by atoms with E-state index in [0.29, 0.717) is 122 Å². The maximum Gasteiger partial charge on any atom is 0.407 e. The summed E-state index contributed by atoms with van der Waals surface area (Å²) in [6.45, 7) is 8.73. The Morgan fingerprint density at radius 3 is 1.64 bits per heavy atom. The number of aliphatic imine (C=N–C) groups is 1. The van der Waals surface area contributed by atoms with Gasteiger partial charge in [0.25, 0.3) is 5.91 Å². The summed E-state index contributed by atoms with van der Waals surface area (Å²) in [6.07, 6.45) is 6.23. The lowest BCUT2D eigenvalue weighted by Gasteiger charge is -2.25. The third kappa shape index (κ3) is 27.4. The monoisotopic (exact) mass is 1260 g/mol. The lowest BCUT2D eigenvalue weighted by atomic mass is 9.96. The third-order valence-corrected chi connectivity index (χ3v) is 13.0. The molecular formula is C57H78F4N6O19S. The second-order valence-corrected chi connectivity index (χ2v) is 19.8. The molecule has 1 unspecified atom stereocenters. The number of carbonyl (C=O) groups is 4. The molecule has 25 nitrogen and oxygen atoms in total. The Kier molecular flexibility index (Phi) is 34.5. The molecule has 1 aromatic heterocycles. The molecule has 0 spiro atoms. The lowest BCUT2D eigenvalue weighted by molar-refractivity contribution is -0.181. The van der Waals surface area contributed by atoms with Gasteiger partial charge in [0.05, 0.1) is 163 Å². The van der Waals surface area contributed by atoms with Gasteiger partial charge in [-0.2, -0.15) is 8.78 Å². The minimum Gasteiger partial charge on any atom is -0.446 e. The van der Waals surface area contributed by atoms with Crippen LogP contribution < -0.4 is 21.1 Å². The number of nitrogens with two attached hydrogens (primary N) is 1. The number of amides is 3. The van der Waals surface area contributed by atoms with Crippen molar-refractivity contribution in [1.82, 2.24) is 20.7 Å². The highest BCUT2D eigenvalue weighted by atomic mass is 32.2. The summed E-state index contributed by atoms with van der Waals surface area (Å²) < 4.78 is 139. The summed E-state index contributed by atoms with van der Waals surface area (Å²) in [5, 5.41) is 6.82. The van der Waals surface area contributed by atoms with E-state index in [1.807, 2.05) is 37.3 Å². The third-order valence-electron chi connectivity index (χ3n) is 12.3. The van der Waals surface area contributed by atoms with E-state index in [1.165, 1.54) is 5.06 Å². The van der Waals surface area contributed by atoms with Crippen LogP contribution in [-0.4, -0.2) is 206 Å². The second kappa shape index (κ2) is 41.9. The number of rotatable bonds is 46. The van der Waals surface area contributed by atoms with E-state index in [2.05, 4.69) is 25.3 Å². The predicted octanol–water partition coefficient (Wildman–Crippen LogP) is 5.28. The molecule has 1 aliphatic heterocycles. The maximum absolute atomic E-state index is 14.0. The Labute approximate surface area is 504 Å². The Morgan fingerprint density at radius 2 is 1.17 bits per heavy atom. The van der Waals surface area contributed by atoms with Crippen molar-refractivity contribution in [3.05, 3.63) is 76.6 Å². The van der Waals surface area contributed by atoms with Gasteiger partial charge in [-0.3, -0.25) is 24.2 Å². The van der Waals surface area contributed by atoms with E-state index in [-0.39, 0.29) is 95.9 Å². The van der Waals surface area contributed by atoms with Crippen LogP contribution in [0.3, 0.4) is 0 Å². The molecule has 2 aromatic carbocycles. The molecule has 2 heterocycles. The molecule has 1 fully saturated rings. The van der Waals surface area contributed by atoms with Crippen LogP contribution in [0.25, 0.3) is 17.2 Å². The largest absolute Gasteiger partial charge is 0.446 e. The maximum atomic E-state index is 14.0. The fourth-order valence-electron chi connectivity index (χ4n) is 7.66. The topological polar surface area (TPSA) is 304 Å². The SMILES string of the molecule is CCCN(OCCNC(=O)OC1CCC1)C(=O)C1=Cc2ccc(-c3ccc(CNC(=O)CCOCCOCCOCCOCCOCCOCCOCCOCCOCCOCCC(=O)Oc4c(F)c(F)c(S(=O)O)c(F)c4F)nc3)cc2N=C(N)C1. The van der Waals surface area contributed by atoms with Crippen LogP contribution in [0.5, 0.6) is 5.75 Å². The minimum absolute atomic E-state index is 0.0271. The van der Waals surface area contributed by atoms with Gasteiger partial charge in [-0.05, 0) is 49.5 Å². The molecule has 3 aromatic rings. The molecule has 3 amide bonds. The molecule has 30 heteroatoms. The van der Waals surface area contributed by atoms with E-state index in [0.717, 1.165) is 36.0 Å². The van der Waals surface area contributed by atoms with E-state index in [1.54, 1.807) is 12.3 Å². The zero-order valence-corrected chi connectivity index (χ0v) is 49.5. The lowest BCUT2D eigenvalue weighted by Crippen LogP contribution is -2.38. The van der Waals surface area contributed by atoms with Crippen LogP contribution in [0.15, 0.2) is 52.0 Å². The van der Waals surface area contributed by atoms with Crippen LogP contribution in [0, 0.1) is 23.3 Å².